The summed E-state index contributed by atoms with van der Waals surface area (Å²) in [5.41, 5.74) is 1.58. The van der Waals surface area contributed by atoms with Gasteiger partial charge in [0.25, 0.3) is 0 Å². The van der Waals surface area contributed by atoms with Crippen molar-refractivity contribution in [2.45, 2.75) is 103 Å². The molecule has 0 atom stereocenters. The molecule has 0 N–H and O–H groups in total. The van der Waals surface area contributed by atoms with Gasteiger partial charge in [-0.05, 0) is 54.9 Å². The van der Waals surface area contributed by atoms with Crippen molar-refractivity contribution in [1.29, 1.82) is 0 Å². The summed E-state index contributed by atoms with van der Waals surface area (Å²) in [6.45, 7) is 2.35. The smallest absolute Gasteiger partial charge is 0.0162 e. The van der Waals surface area contributed by atoms with Gasteiger partial charge in [-0.3, -0.25) is 0 Å². The van der Waals surface area contributed by atoms with Crippen LogP contribution in [0.5, 0.6) is 0 Å². The zero-order chi connectivity index (χ0) is 17.3. The average molecular weight is 341 g/mol. The van der Waals surface area contributed by atoms with Gasteiger partial charge in [0, 0.05) is 0 Å². The maximum atomic E-state index is 2.35. The van der Waals surface area contributed by atoms with Gasteiger partial charge in [-0.15, -0.1) is 0 Å². The van der Waals surface area contributed by atoms with E-state index < -0.39 is 0 Å². The number of unbranched alkanes of at least 4 members (excludes halogenated alkanes) is 1. The summed E-state index contributed by atoms with van der Waals surface area (Å²) in [5.74, 6) is 4.01. The van der Waals surface area contributed by atoms with E-state index >= 15 is 0 Å². The first-order valence-corrected chi connectivity index (χ1v) is 11.4. The third-order valence-electron chi connectivity index (χ3n) is 7.26. The molecule has 0 spiro atoms. The lowest BCUT2D eigenvalue weighted by Gasteiger charge is -2.30. The fourth-order valence-corrected chi connectivity index (χ4v) is 5.59. The van der Waals surface area contributed by atoms with E-state index in [4.69, 9.17) is 0 Å². The van der Waals surface area contributed by atoms with Crippen molar-refractivity contribution in [2.24, 2.45) is 17.8 Å². The molecule has 0 radical (unpaired) electrons. The zero-order valence-electron chi connectivity index (χ0n) is 16.6. The number of benzene rings is 1. The summed E-state index contributed by atoms with van der Waals surface area (Å²) >= 11 is 0. The van der Waals surface area contributed by atoms with Crippen LogP contribution in [0.15, 0.2) is 30.3 Å². The highest BCUT2D eigenvalue weighted by atomic mass is 14.3. The Bertz CT molecular complexity index is 446. The Morgan fingerprint density at radius 1 is 0.640 bits per heavy atom. The van der Waals surface area contributed by atoms with Crippen molar-refractivity contribution in [1.82, 2.24) is 0 Å². The standard InChI is InChI=1S/C25H40/c1-2-8-21-13-15-22(16-14-21)9-6-7-10-23-17-19-25(20-18-23)24-11-4-3-5-12-24/h3-5,11-12,21-23,25H,2,6-10,13-20H2,1H3/t21-,22-,23?,25?. The summed E-state index contributed by atoms with van der Waals surface area (Å²) in [5, 5.41) is 0. The molecule has 2 aliphatic rings. The van der Waals surface area contributed by atoms with Crippen LogP contribution in [0.1, 0.15) is 108 Å². The Labute approximate surface area is 156 Å². The minimum Gasteiger partial charge on any atom is -0.0654 e. The van der Waals surface area contributed by atoms with Crippen molar-refractivity contribution in [2.75, 3.05) is 0 Å². The first kappa shape index (κ1) is 19.0. The first-order chi connectivity index (χ1) is 12.3. The van der Waals surface area contributed by atoms with Gasteiger partial charge in [-0.1, -0.05) is 101 Å². The van der Waals surface area contributed by atoms with Crippen LogP contribution in [-0.4, -0.2) is 0 Å². The molecule has 0 unspecified atom stereocenters. The van der Waals surface area contributed by atoms with Crippen LogP contribution in [0.2, 0.25) is 0 Å². The molecule has 2 fully saturated rings. The van der Waals surface area contributed by atoms with Crippen molar-refractivity contribution in [3.05, 3.63) is 35.9 Å². The minimum atomic E-state index is 0.843. The fraction of sp³-hybridized carbons (Fsp3) is 0.760. The van der Waals surface area contributed by atoms with Crippen LogP contribution in [0, 0.1) is 17.8 Å². The second kappa shape index (κ2) is 10.4. The SMILES string of the molecule is CCC[C@H]1CC[C@H](CCCCC2CCC(c3ccccc3)CC2)CC1. The van der Waals surface area contributed by atoms with Gasteiger partial charge in [-0.25, -0.2) is 0 Å². The van der Waals surface area contributed by atoms with E-state index in [1.54, 1.807) is 5.56 Å². The van der Waals surface area contributed by atoms with Crippen LogP contribution < -0.4 is 0 Å². The highest BCUT2D eigenvalue weighted by molar-refractivity contribution is 5.19. The molecule has 1 aromatic carbocycles. The minimum absolute atomic E-state index is 0.843. The lowest BCUT2D eigenvalue weighted by Crippen LogP contribution is -2.15. The zero-order valence-corrected chi connectivity index (χ0v) is 16.6. The molecule has 1 aromatic rings. The highest BCUT2D eigenvalue weighted by Crippen LogP contribution is 2.38. The summed E-state index contributed by atoms with van der Waals surface area (Å²) in [6, 6.07) is 11.2. The third-order valence-corrected chi connectivity index (χ3v) is 7.26. The molecule has 25 heavy (non-hydrogen) atoms. The van der Waals surface area contributed by atoms with Crippen LogP contribution in [0.3, 0.4) is 0 Å². The molecule has 0 amide bonds. The molecule has 0 saturated heterocycles. The average Bonchev–Trinajstić information content (AvgIpc) is 2.68. The van der Waals surface area contributed by atoms with Crippen molar-refractivity contribution < 1.29 is 0 Å². The van der Waals surface area contributed by atoms with Crippen LogP contribution in [0.25, 0.3) is 0 Å². The lowest BCUT2D eigenvalue weighted by atomic mass is 9.76. The van der Waals surface area contributed by atoms with Crippen LogP contribution >= 0.6 is 0 Å². The van der Waals surface area contributed by atoms with Gasteiger partial charge in [0.1, 0.15) is 0 Å². The molecule has 2 aliphatic carbocycles. The Morgan fingerprint density at radius 3 is 1.64 bits per heavy atom. The largest absolute Gasteiger partial charge is 0.0654 e. The predicted octanol–water partition coefficient (Wildman–Crippen LogP) is 8.13. The van der Waals surface area contributed by atoms with Crippen molar-refractivity contribution in [3.8, 4) is 0 Å². The molecule has 0 nitrogen and oxygen atoms in total. The Kier molecular flexibility index (Phi) is 7.89. The Hall–Kier alpha value is -0.780. The Balaban J connectivity index is 1.25. The Morgan fingerprint density at radius 2 is 1.12 bits per heavy atom. The lowest BCUT2D eigenvalue weighted by molar-refractivity contribution is 0.243. The van der Waals surface area contributed by atoms with E-state index in [0.717, 1.165) is 23.7 Å². The summed E-state index contributed by atoms with van der Waals surface area (Å²) < 4.78 is 0. The second-order valence-electron chi connectivity index (χ2n) is 9.09. The van der Waals surface area contributed by atoms with Gasteiger partial charge >= 0.3 is 0 Å². The van der Waals surface area contributed by atoms with E-state index in [0.29, 0.717) is 0 Å². The number of hydrogen-bond donors (Lipinski definition) is 0. The highest BCUT2D eigenvalue weighted by Gasteiger charge is 2.23. The van der Waals surface area contributed by atoms with Crippen LogP contribution in [-0.2, 0) is 0 Å². The van der Waals surface area contributed by atoms with Crippen molar-refractivity contribution in [3.63, 3.8) is 0 Å². The third kappa shape index (κ3) is 6.15. The van der Waals surface area contributed by atoms with Gasteiger partial charge in [-0.2, -0.15) is 0 Å². The molecule has 0 heteroatoms. The quantitative estimate of drug-likeness (QED) is 0.419. The predicted molar refractivity (Wildman–Crippen MR) is 110 cm³/mol. The summed E-state index contributed by atoms with van der Waals surface area (Å²) in [7, 11) is 0. The molecular formula is C25H40. The first-order valence-electron chi connectivity index (χ1n) is 11.4. The van der Waals surface area contributed by atoms with Gasteiger partial charge in [0.05, 0.1) is 0 Å². The van der Waals surface area contributed by atoms with Gasteiger partial charge in [0.2, 0.25) is 0 Å². The van der Waals surface area contributed by atoms with E-state index in [9.17, 15) is 0 Å². The van der Waals surface area contributed by atoms with E-state index in [-0.39, 0.29) is 0 Å². The maximum absolute atomic E-state index is 2.35. The monoisotopic (exact) mass is 340 g/mol. The topological polar surface area (TPSA) is 0 Å². The maximum Gasteiger partial charge on any atom is -0.0162 e. The van der Waals surface area contributed by atoms with Gasteiger partial charge in [0.15, 0.2) is 0 Å². The summed E-state index contributed by atoms with van der Waals surface area (Å²) in [6.07, 6.45) is 20.8. The molecule has 2 saturated carbocycles. The molecule has 0 heterocycles. The molecule has 0 aliphatic heterocycles. The van der Waals surface area contributed by atoms with E-state index in [1.165, 1.54) is 89.9 Å². The molecule has 0 bridgehead atoms. The van der Waals surface area contributed by atoms with Crippen LogP contribution in [0.4, 0.5) is 0 Å². The van der Waals surface area contributed by atoms with E-state index in [2.05, 4.69) is 37.3 Å². The van der Waals surface area contributed by atoms with Gasteiger partial charge < -0.3 is 0 Å². The second-order valence-corrected chi connectivity index (χ2v) is 9.09. The number of rotatable bonds is 8. The summed E-state index contributed by atoms with van der Waals surface area (Å²) in [4.78, 5) is 0. The molecular weight excluding hydrogens is 300 g/mol. The fourth-order valence-electron chi connectivity index (χ4n) is 5.59. The number of hydrogen-bond acceptors (Lipinski definition) is 0. The van der Waals surface area contributed by atoms with Crippen molar-refractivity contribution >= 4 is 0 Å². The molecule has 140 valence electrons. The normalized spacial score (nSPS) is 30.3. The molecule has 3 rings (SSSR count). The molecule has 0 aromatic heterocycles. The van der Waals surface area contributed by atoms with E-state index in [1.807, 2.05) is 0 Å².